The summed E-state index contributed by atoms with van der Waals surface area (Å²) in [4.78, 5) is 47.5. The number of nitrogens with two attached hydrogens (primary N) is 1. The van der Waals surface area contributed by atoms with E-state index < -0.39 is 35.9 Å². The molecule has 0 saturated heterocycles. The number of primary amides is 1. The molecule has 24 heavy (non-hydrogen) atoms. The average Bonchev–Trinajstić information content (AvgIpc) is 2.49. The molecule has 1 aliphatic rings. The minimum atomic E-state index is -1.31. The molecule has 1 amide bonds. The number of carbonyl (C=O) groups is 4. The van der Waals surface area contributed by atoms with E-state index in [1.165, 1.54) is 12.2 Å². The molecule has 1 aliphatic heterocycles. The monoisotopic (exact) mass is 339 g/mol. The summed E-state index contributed by atoms with van der Waals surface area (Å²) in [6.07, 6.45) is 3.53. The number of hydrogen-bond acceptors (Lipinski definition) is 6. The summed E-state index contributed by atoms with van der Waals surface area (Å²) in [5.41, 5.74) is 5.03. The van der Waals surface area contributed by atoms with Crippen molar-refractivity contribution in [1.29, 1.82) is 0 Å². The Hall–Kier alpha value is -3.17. The van der Waals surface area contributed by atoms with Crippen molar-refractivity contribution in [3.05, 3.63) is 23.4 Å². The van der Waals surface area contributed by atoms with Crippen molar-refractivity contribution in [3.8, 4) is 0 Å². The topological polar surface area (TPSA) is 179 Å². The molecular formula is C14H17N3O7. The highest BCUT2D eigenvalue weighted by molar-refractivity contribution is 5.90. The highest BCUT2D eigenvalue weighted by atomic mass is 16.4. The maximum absolute atomic E-state index is 11.0. The third kappa shape index (κ3) is 5.91. The van der Waals surface area contributed by atoms with Gasteiger partial charge in [-0.15, -0.1) is 0 Å². The van der Waals surface area contributed by atoms with Crippen molar-refractivity contribution in [2.45, 2.75) is 31.3 Å². The number of carboxylic acids is 3. The smallest absolute Gasteiger partial charge is 0.351 e. The summed E-state index contributed by atoms with van der Waals surface area (Å²) in [6.45, 7) is 0. The standard InChI is InChI=1S/C14H17N3O7/c15-11(18)2-1-8(12(19)20)16-4-3-7-5-9(13(21)22)17-10(6-7)14(23)24/h3-5,8,10,17H,1-2,6H2,(H2,15,18)(H,19,20)(H,21,22)(H,23,24)/b7-3-,16-4+/t8-,10-/m0/s1. The van der Waals surface area contributed by atoms with Gasteiger partial charge in [-0.25, -0.2) is 14.4 Å². The Bertz CT molecular complexity index is 636. The van der Waals surface area contributed by atoms with Gasteiger partial charge in [0.2, 0.25) is 5.91 Å². The van der Waals surface area contributed by atoms with Gasteiger partial charge >= 0.3 is 17.9 Å². The van der Waals surface area contributed by atoms with Gasteiger partial charge in [0.25, 0.3) is 0 Å². The van der Waals surface area contributed by atoms with Gasteiger partial charge in [0.15, 0.2) is 0 Å². The normalized spacial score (nSPS) is 20.2. The number of rotatable bonds is 8. The molecule has 0 saturated carbocycles. The molecule has 0 spiro atoms. The highest BCUT2D eigenvalue weighted by Gasteiger charge is 2.26. The van der Waals surface area contributed by atoms with Crippen LogP contribution >= 0.6 is 0 Å². The molecule has 10 heteroatoms. The number of aliphatic imine (C=N–C) groups is 1. The molecular weight excluding hydrogens is 322 g/mol. The first-order chi connectivity index (χ1) is 11.2. The number of carbonyl (C=O) groups excluding carboxylic acids is 1. The molecule has 0 aromatic carbocycles. The number of amides is 1. The number of aliphatic carboxylic acids is 3. The van der Waals surface area contributed by atoms with Crippen LogP contribution in [0.5, 0.6) is 0 Å². The zero-order valence-electron chi connectivity index (χ0n) is 12.5. The molecule has 1 heterocycles. The lowest BCUT2D eigenvalue weighted by Gasteiger charge is -2.21. The van der Waals surface area contributed by atoms with Crippen molar-refractivity contribution >= 4 is 30.0 Å². The van der Waals surface area contributed by atoms with Gasteiger partial charge in [-0.05, 0) is 24.1 Å². The molecule has 6 N–H and O–H groups in total. The quantitative estimate of drug-likeness (QED) is 0.353. The molecule has 0 unspecified atom stereocenters. The van der Waals surface area contributed by atoms with Crippen LogP contribution < -0.4 is 11.1 Å². The lowest BCUT2D eigenvalue weighted by atomic mass is 10.00. The van der Waals surface area contributed by atoms with Gasteiger partial charge < -0.3 is 26.4 Å². The number of carboxylic acid groups (broad SMARTS) is 3. The third-order valence-corrected chi connectivity index (χ3v) is 3.13. The second-order valence-corrected chi connectivity index (χ2v) is 5.00. The van der Waals surface area contributed by atoms with E-state index in [1.807, 2.05) is 0 Å². The van der Waals surface area contributed by atoms with E-state index in [9.17, 15) is 19.2 Å². The van der Waals surface area contributed by atoms with Crippen LogP contribution in [0.15, 0.2) is 28.4 Å². The van der Waals surface area contributed by atoms with Crippen molar-refractivity contribution in [3.63, 3.8) is 0 Å². The Morgan fingerprint density at radius 3 is 2.50 bits per heavy atom. The fraction of sp³-hybridized carbons (Fsp3) is 0.357. The SMILES string of the molecule is NC(=O)CC[C@H](/N=C/C=C1/C=C(C(=O)O)N[C@H](C(=O)O)C1)C(=O)O. The molecule has 0 aromatic heterocycles. The Labute approximate surface area is 136 Å². The first-order valence-electron chi connectivity index (χ1n) is 6.88. The molecule has 0 bridgehead atoms. The molecule has 0 radical (unpaired) electrons. The Morgan fingerprint density at radius 1 is 1.33 bits per heavy atom. The fourth-order valence-corrected chi connectivity index (χ4v) is 1.93. The molecule has 0 aliphatic carbocycles. The summed E-state index contributed by atoms with van der Waals surface area (Å²) in [5.74, 6) is -4.41. The fourth-order valence-electron chi connectivity index (χ4n) is 1.93. The maximum Gasteiger partial charge on any atom is 0.351 e. The van der Waals surface area contributed by atoms with Crippen LogP contribution in [-0.4, -0.2) is 57.4 Å². The van der Waals surface area contributed by atoms with Crippen molar-refractivity contribution in [2.24, 2.45) is 10.7 Å². The Morgan fingerprint density at radius 2 is 2.00 bits per heavy atom. The van der Waals surface area contributed by atoms with E-state index in [1.54, 1.807) is 0 Å². The summed E-state index contributed by atoms with van der Waals surface area (Å²) in [7, 11) is 0. The van der Waals surface area contributed by atoms with E-state index in [-0.39, 0.29) is 25.0 Å². The first-order valence-corrected chi connectivity index (χ1v) is 6.88. The number of nitrogens with zero attached hydrogens (tertiary/aromatic N) is 1. The summed E-state index contributed by atoms with van der Waals surface area (Å²) < 4.78 is 0. The van der Waals surface area contributed by atoms with Crippen LogP contribution in [0.2, 0.25) is 0 Å². The predicted octanol–water partition coefficient (Wildman–Crippen LogP) is -0.883. The van der Waals surface area contributed by atoms with E-state index >= 15 is 0 Å². The minimum absolute atomic E-state index is 0.0111. The van der Waals surface area contributed by atoms with Crippen molar-refractivity contribution < 1.29 is 34.5 Å². The van der Waals surface area contributed by atoms with Gasteiger partial charge in [-0.1, -0.05) is 0 Å². The highest BCUT2D eigenvalue weighted by Crippen LogP contribution is 2.16. The number of nitrogens with one attached hydrogen (secondary N) is 1. The largest absolute Gasteiger partial charge is 0.480 e. The first kappa shape index (κ1) is 18.9. The maximum atomic E-state index is 11.0. The number of allylic oxidation sites excluding steroid dienone is 2. The molecule has 10 nitrogen and oxygen atoms in total. The van der Waals surface area contributed by atoms with Crippen LogP contribution in [0.3, 0.4) is 0 Å². The summed E-state index contributed by atoms with van der Waals surface area (Å²) in [5, 5.41) is 29.3. The van der Waals surface area contributed by atoms with E-state index in [4.69, 9.17) is 21.1 Å². The lowest BCUT2D eigenvalue weighted by Crippen LogP contribution is -2.41. The van der Waals surface area contributed by atoms with Gasteiger partial charge in [-0.3, -0.25) is 9.79 Å². The van der Waals surface area contributed by atoms with Crippen molar-refractivity contribution in [2.75, 3.05) is 0 Å². The minimum Gasteiger partial charge on any atom is -0.480 e. The van der Waals surface area contributed by atoms with Crippen LogP contribution in [0.25, 0.3) is 0 Å². The zero-order chi connectivity index (χ0) is 18.3. The number of hydrogen-bond donors (Lipinski definition) is 5. The van der Waals surface area contributed by atoms with Crippen LogP contribution in [0.1, 0.15) is 19.3 Å². The second kappa shape index (κ2) is 8.46. The molecule has 130 valence electrons. The predicted molar refractivity (Wildman–Crippen MR) is 81.3 cm³/mol. The van der Waals surface area contributed by atoms with Gasteiger partial charge in [0.1, 0.15) is 17.8 Å². The van der Waals surface area contributed by atoms with Crippen LogP contribution in [0, 0.1) is 0 Å². The van der Waals surface area contributed by atoms with E-state index in [0.29, 0.717) is 5.57 Å². The van der Waals surface area contributed by atoms with Gasteiger partial charge in [0.05, 0.1) is 0 Å². The zero-order valence-corrected chi connectivity index (χ0v) is 12.5. The van der Waals surface area contributed by atoms with Crippen LogP contribution in [-0.2, 0) is 19.2 Å². The molecule has 0 fully saturated rings. The molecule has 2 atom stereocenters. The lowest BCUT2D eigenvalue weighted by molar-refractivity contribution is -0.140. The van der Waals surface area contributed by atoms with E-state index in [0.717, 1.165) is 6.21 Å². The molecule has 0 aromatic rings. The molecule has 1 rings (SSSR count). The average molecular weight is 339 g/mol. The van der Waals surface area contributed by atoms with Crippen LogP contribution in [0.4, 0.5) is 0 Å². The Balaban J connectivity index is 2.90. The third-order valence-electron chi connectivity index (χ3n) is 3.13. The summed E-state index contributed by atoms with van der Waals surface area (Å²) >= 11 is 0. The van der Waals surface area contributed by atoms with Crippen molar-refractivity contribution in [1.82, 2.24) is 5.32 Å². The van der Waals surface area contributed by atoms with Gasteiger partial charge in [-0.2, -0.15) is 0 Å². The second-order valence-electron chi connectivity index (χ2n) is 5.00. The van der Waals surface area contributed by atoms with Gasteiger partial charge in [0, 0.05) is 19.1 Å². The van der Waals surface area contributed by atoms with E-state index in [2.05, 4.69) is 10.3 Å². The Kier molecular flexibility index (Phi) is 6.65. The summed E-state index contributed by atoms with van der Waals surface area (Å²) in [6, 6.07) is -2.28.